The van der Waals surface area contributed by atoms with E-state index < -0.39 is 0 Å². The van der Waals surface area contributed by atoms with Crippen molar-refractivity contribution < 1.29 is 0 Å². The predicted molar refractivity (Wildman–Crippen MR) is 51.9 cm³/mol. The molecule has 0 saturated carbocycles. The first-order chi connectivity index (χ1) is 5.33. The maximum absolute atomic E-state index is 4.16. The van der Waals surface area contributed by atoms with Crippen molar-refractivity contribution in [3.63, 3.8) is 0 Å². The van der Waals surface area contributed by atoms with Crippen molar-refractivity contribution >= 4 is 18.7 Å². The van der Waals surface area contributed by atoms with Crippen LogP contribution in [0.15, 0.2) is 24.4 Å². The zero-order valence-corrected chi connectivity index (χ0v) is 7.38. The van der Waals surface area contributed by atoms with E-state index in [1.807, 2.05) is 37.4 Å². The van der Waals surface area contributed by atoms with Crippen LogP contribution in [0.2, 0.25) is 0 Å². The lowest BCUT2D eigenvalue weighted by Crippen LogP contribution is -1.79. The molecule has 0 aliphatic carbocycles. The summed E-state index contributed by atoms with van der Waals surface area (Å²) in [7, 11) is 0. The molecule has 0 atom stereocenters. The monoisotopic (exact) mass is 165 g/mol. The summed E-state index contributed by atoms with van der Waals surface area (Å²) in [5.74, 6) is 0.772. The predicted octanol–water partition coefficient (Wildman–Crippen LogP) is 2.33. The second-order valence-electron chi connectivity index (χ2n) is 2.32. The summed E-state index contributed by atoms with van der Waals surface area (Å²) in [4.78, 5) is 4.16. The molecule has 58 valence electrons. The van der Waals surface area contributed by atoms with Crippen molar-refractivity contribution in [1.29, 1.82) is 0 Å². The molecule has 1 rings (SSSR count). The maximum atomic E-state index is 4.16. The maximum Gasteiger partial charge on any atom is 0.0373 e. The van der Waals surface area contributed by atoms with Crippen LogP contribution in [0.4, 0.5) is 0 Å². The van der Waals surface area contributed by atoms with E-state index in [0.717, 1.165) is 17.0 Å². The number of nitrogens with zero attached hydrogens (tertiary/aromatic N) is 1. The summed E-state index contributed by atoms with van der Waals surface area (Å²) >= 11 is 4.06. The largest absolute Gasteiger partial charge is 0.261 e. The Kier molecular flexibility index (Phi) is 3.17. The Morgan fingerprint density at radius 3 is 2.91 bits per heavy atom. The van der Waals surface area contributed by atoms with Gasteiger partial charge in [-0.25, -0.2) is 0 Å². The van der Waals surface area contributed by atoms with E-state index in [9.17, 15) is 0 Å². The number of rotatable bonds is 2. The fraction of sp³-hybridized carbons (Fsp3) is 0.222. The highest BCUT2D eigenvalue weighted by Crippen LogP contribution is 2.01. The van der Waals surface area contributed by atoms with Crippen LogP contribution in [-0.2, 0) is 0 Å². The van der Waals surface area contributed by atoms with E-state index in [2.05, 4.69) is 17.6 Å². The average molecular weight is 165 g/mol. The average Bonchev–Trinajstić information content (AvgIpc) is 2.04. The Labute approximate surface area is 72.6 Å². The number of thiol groups is 1. The molecule has 0 saturated heterocycles. The van der Waals surface area contributed by atoms with Gasteiger partial charge in [0.2, 0.25) is 0 Å². The summed E-state index contributed by atoms with van der Waals surface area (Å²) in [5.41, 5.74) is 2.18. The van der Waals surface area contributed by atoms with E-state index >= 15 is 0 Å². The van der Waals surface area contributed by atoms with Gasteiger partial charge in [0.1, 0.15) is 0 Å². The lowest BCUT2D eigenvalue weighted by Gasteiger charge is -1.92. The SMILES string of the molecule is Cc1ccc(C=CCS)cn1. The van der Waals surface area contributed by atoms with Crippen molar-refractivity contribution in [1.82, 2.24) is 4.98 Å². The minimum atomic E-state index is 0.772. The molecule has 0 aliphatic rings. The first kappa shape index (κ1) is 8.34. The molecule has 0 bridgehead atoms. The van der Waals surface area contributed by atoms with Gasteiger partial charge in [-0.05, 0) is 18.6 Å². The molecular weight excluding hydrogens is 154 g/mol. The smallest absolute Gasteiger partial charge is 0.0373 e. The molecule has 0 amide bonds. The summed E-state index contributed by atoms with van der Waals surface area (Å²) < 4.78 is 0. The minimum absolute atomic E-state index is 0.772. The molecule has 1 aromatic rings. The van der Waals surface area contributed by atoms with Crippen LogP contribution in [0.1, 0.15) is 11.3 Å². The Morgan fingerprint density at radius 1 is 1.55 bits per heavy atom. The van der Waals surface area contributed by atoms with Gasteiger partial charge in [0.25, 0.3) is 0 Å². The first-order valence-corrected chi connectivity index (χ1v) is 4.16. The molecule has 1 heterocycles. The molecule has 11 heavy (non-hydrogen) atoms. The summed E-state index contributed by atoms with van der Waals surface area (Å²) in [6.07, 6.45) is 5.87. The fourth-order valence-electron chi connectivity index (χ4n) is 0.767. The van der Waals surface area contributed by atoms with E-state index in [4.69, 9.17) is 0 Å². The lowest BCUT2D eigenvalue weighted by molar-refractivity contribution is 1.19. The molecule has 1 aromatic heterocycles. The first-order valence-electron chi connectivity index (χ1n) is 3.53. The molecule has 0 fully saturated rings. The Bertz CT molecular complexity index is 238. The summed E-state index contributed by atoms with van der Waals surface area (Å²) in [6, 6.07) is 4.04. The number of hydrogen-bond acceptors (Lipinski definition) is 2. The van der Waals surface area contributed by atoms with Gasteiger partial charge < -0.3 is 0 Å². The second kappa shape index (κ2) is 4.19. The third-order valence-corrected chi connectivity index (χ3v) is 1.56. The molecule has 0 spiro atoms. The fourth-order valence-corrected chi connectivity index (χ4v) is 0.872. The molecule has 1 nitrogen and oxygen atoms in total. The van der Waals surface area contributed by atoms with Crippen LogP contribution in [0, 0.1) is 6.92 Å². The zero-order valence-electron chi connectivity index (χ0n) is 6.49. The van der Waals surface area contributed by atoms with Crippen LogP contribution in [0.5, 0.6) is 0 Å². The van der Waals surface area contributed by atoms with Crippen molar-refractivity contribution in [2.75, 3.05) is 5.75 Å². The van der Waals surface area contributed by atoms with Crippen LogP contribution in [-0.4, -0.2) is 10.7 Å². The molecule has 0 aromatic carbocycles. The number of aryl methyl sites for hydroxylation is 1. The highest BCUT2D eigenvalue weighted by atomic mass is 32.1. The topological polar surface area (TPSA) is 12.9 Å². The van der Waals surface area contributed by atoms with Crippen LogP contribution >= 0.6 is 12.6 Å². The highest BCUT2D eigenvalue weighted by Gasteiger charge is 1.85. The third kappa shape index (κ3) is 2.76. The zero-order chi connectivity index (χ0) is 8.10. The van der Waals surface area contributed by atoms with Gasteiger partial charge in [-0.3, -0.25) is 4.98 Å². The van der Waals surface area contributed by atoms with Crippen molar-refractivity contribution in [3.05, 3.63) is 35.7 Å². The van der Waals surface area contributed by atoms with Gasteiger partial charge in [0.15, 0.2) is 0 Å². The molecule has 0 N–H and O–H groups in total. The lowest BCUT2D eigenvalue weighted by atomic mass is 10.2. The molecule has 2 heteroatoms. The standard InChI is InChI=1S/C9H11NS/c1-8-4-5-9(7-10-8)3-2-6-11/h2-5,7,11H,6H2,1H3. The van der Waals surface area contributed by atoms with Crippen molar-refractivity contribution in [2.24, 2.45) is 0 Å². The minimum Gasteiger partial charge on any atom is -0.261 e. The summed E-state index contributed by atoms with van der Waals surface area (Å²) in [6.45, 7) is 1.98. The van der Waals surface area contributed by atoms with Crippen LogP contribution < -0.4 is 0 Å². The van der Waals surface area contributed by atoms with Crippen LogP contribution in [0.3, 0.4) is 0 Å². The Hall–Kier alpha value is -0.760. The Balaban J connectivity index is 2.73. The molecule has 0 aliphatic heterocycles. The van der Waals surface area contributed by atoms with E-state index in [0.29, 0.717) is 0 Å². The van der Waals surface area contributed by atoms with E-state index in [-0.39, 0.29) is 0 Å². The van der Waals surface area contributed by atoms with Gasteiger partial charge in [-0.1, -0.05) is 18.2 Å². The second-order valence-corrected chi connectivity index (χ2v) is 2.68. The Morgan fingerprint density at radius 2 is 2.36 bits per heavy atom. The number of hydrogen-bond donors (Lipinski definition) is 1. The van der Waals surface area contributed by atoms with E-state index in [1.54, 1.807) is 0 Å². The van der Waals surface area contributed by atoms with Gasteiger partial charge >= 0.3 is 0 Å². The van der Waals surface area contributed by atoms with Crippen molar-refractivity contribution in [3.8, 4) is 0 Å². The normalized spacial score (nSPS) is 10.7. The highest BCUT2D eigenvalue weighted by molar-refractivity contribution is 7.80. The van der Waals surface area contributed by atoms with Gasteiger partial charge in [-0.15, -0.1) is 0 Å². The van der Waals surface area contributed by atoms with Crippen molar-refractivity contribution in [2.45, 2.75) is 6.92 Å². The molecule has 0 unspecified atom stereocenters. The number of aromatic nitrogens is 1. The van der Waals surface area contributed by atoms with Crippen LogP contribution in [0.25, 0.3) is 6.08 Å². The number of pyridine rings is 1. The van der Waals surface area contributed by atoms with Gasteiger partial charge in [0, 0.05) is 17.6 Å². The quantitative estimate of drug-likeness (QED) is 0.664. The van der Waals surface area contributed by atoms with Gasteiger partial charge in [-0.2, -0.15) is 12.6 Å². The van der Waals surface area contributed by atoms with E-state index in [1.165, 1.54) is 0 Å². The van der Waals surface area contributed by atoms with Gasteiger partial charge in [0.05, 0.1) is 0 Å². The third-order valence-electron chi connectivity index (χ3n) is 1.35. The molecular formula is C9H11NS. The summed E-state index contributed by atoms with van der Waals surface area (Å²) in [5, 5.41) is 0. The molecule has 0 radical (unpaired) electrons.